The van der Waals surface area contributed by atoms with Crippen molar-refractivity contribution < 1.29 is 38.2 Å². The lowest BCUT2D eigenvalue weighted by Gasteiger charge is -2.60. The van der Waals surface area contributed by atoms with Crippen LogP contribution in [-0.4, -0.2) is 54.4 Å². The maximum atomic E-state index is 14.9. The van der Waals surface area contributed by atoms with E-state index < -0.39 is 48.5 Å². The van der Waals surface area contributed by atoms with E-state index in [4.69, 9.17) is 19.9 Å². The predicted molar refractivity (Wildman–Crippen MR) is 145 cm³/mol. The molecule has 2 fully saturated rings. The SMILES string of the molecule is CC(=O)CC[C@]12CC[C@@H](C)[C@](C)(C1)[C@H](OC(=O)COc1ccc3c(c1F)B(O)OC3)C[C@@](C)(CN)[C@@H](O)[C@@H]2C. The lowest BCUT2D eigenvalue weighted by atomic mass is 9.47. The third-order valence-electron chi connectivity index (χ3n) is 10.4. The van der Waals surface area contributed by atoms with Gasteiger partial charge in [0.2, 0.25) is 0 Å². The summed E-state index contributed by atoms with van der Waals surface area (Å²) in [6.45, 7) is 9.71. The summed E-state index contributed by atoms with van der Waals surface area (Å²) >= 11 is 0. The van der Waals surface area contributed by atoms with Crippen LogP contribution in [-0.2, 0) is 25.6 Å². The van der Waals surface area contributed by atoms with Gasteiger partial charge in [-0.25, -0.2) is 9.18 Å². The van der Waals surface area contributed by atoms with Crippen LogP contribution in [0.5, 0.6) is 5.75 Å². The summed E-state index contributed by atoms with van der Waals surface area (Å²) in [5.41, 5.74) is 5.38. The second-order valence-electron chi connectivity index (χ2n) is 12.9. The molecule has 0 radical (unpaired) electrons. The van der Waals surface area contributed by atoms with Crippen molar-refractivity contribution in [3.8, 4) is 5.75 Å². The molecule has 1 aromatic carbocycles. The number of hydrogen-bond acceptors (Lipinski definition) is 8. The molecule has 4 N–H and O–H groups in total. The zero-order chi connectivity index (χ0) is 28.8. The summed E-state index contributed by atoms with van der Waals surface area (Å²) < 4.78 is 31.6. The van der Waals surface area contributed by atoms with Gasteiger partial charge in [0, 0.05) is 29.3 Å². The molecule has 39 heavy (non-hydrogen) atoms. The molecule has 4 rings (SSSR count). The van der Waals surface area contributed by atoms with Gasteiger partial charge in [-0.3, -0.25) is 0 Å². The van der Waals surface area contributed by atoms with Gasteiger partial charge in [-0.2, -0.15) is 0 Å². The first-order valence-corrected chi connectivity index (χ1v) is 14.1. The Morgan fingerprint density at radius 1 is 1.28 bits per heavy atom. The van der Waals surface area contributed by atoms with Crippen molar-refractivity contribution in [2.75, 3.05) is 13.2 Å². The zero-order valence-electron chi connectivity index (χ0n) is 23.8. The normalized spacial score (nSPS) is 36.1. The van der Waals surface area contributed by atoms with Gasteiger partial charge in [0.1, 0.15) is 11.9 Å². The molecule has 7 atom stereocenters. The van der Waals surface area contributed by atoms with Gasteiger partial charge in [-0.05, 0) is 67.9 Å². The first kappa shape index (κ1) is 30.0. The number of Topliss-reactive ketones (excluding diaryl/α,β-unsaturated/α-hetero) is 1. The number of esters is 1. The number of aliphatic hydroxyl groups is 1. The smallest absolute Gasteiger partial charge is 0.479 e. The number of nitrogens with two attached hydrogens (primary N) is 1. The van der Waals surface area contributed by atoms with Gasteiger partial charge in [0.15, 0.2) is 18.2 Å². The highest BCUT2D eigenvalue weighted by molar-refractivity contribution is 6.61. The lowest BCUT2D eigenvalue weighted by Crippen LogP contribution is -2.60. The monoisotopic (exact) mass is 547 g/mol. The Morgan fingerprint density at radius 2 is 2.00 bits per heavy atom. The third-order valence-corrected chi connectivity index (χ3v) is 10.4. The largest absolute Gasteiger partial charge is 0.494 e. The number of hydrogen-bond donors (Lipinski definition) is 3. The summed E-state index contributed by atoms with van der Waals surface area (Å²) in [6.07, 6.45) is 2.67. The van der Waals surface area contributed by atoms with Crippen molar-refractivity contribution in [3.05, 3.63) is 23.5 Å². The maximum absolute atomic E-state index is 14.9. The molecule has 2 saturated carbocycles. The molecule has 10 heteroatoms. The summed E-state index contributed by atoms with van der Waals surface area (Å²) in [4.78, 5) is 25.2. The van der Waals surface area contributed by atoms with Gasteiger partial charge in [-0.1, -0.05) is 33.8 Å². The number of ether oxygens (including phenoxy) is 2. The third kappa shape index (κ3) is 5.50. The number of benzene rings is 1. The van der Waals surface area contributed by atoms with Crippen molar-refractivity contribution in [1.82, 2.24) is 0 Å². The number of carbonyl (C=O) groups excluding carboxylic acids is 2. The van der Waals surface area contributed by atoms with Gasteiger partial charge in [0.05, 0.1) is 12.7 Å². The van der Waals surface area contributed by atoms with E-state index >= 15 is 0 Å². The highest BCUT2D eigenvalue weighted by Crippen LogP contribution is 2.61. The first-order valence-electron chi connectivity index (χ1n) is 14.1. The van der Waals surface area contributed by atoms with E-state index in [0.29, 0.717) is 31.2 Å². The lowest BCUT2D eigenvalue weighted by molar-refractivity contribution is -0.194. The van der Waals surface area contributed by atoms with Crippen LogP contribution in [0, 0.1) is 33.9 Å². The molecule has 1 heterocycles. The Balaban J connectivity index is 1.59. The second kappa shape index (κ2) is 11.1. The van der Waals surface area contributed by atoms with Gasteiger partial charge in [0.25, 0.3) is 0 Å². The minimum absolute atomic E-state index is 0.0214. The van der Waals surface area contributed by atoms with Crippen molar-refractivity contribution in [1.29, 1.82) is 0 Å². The average Bonchev–Trinajstić information content (AvgIpc) is 3.28. The van der Waals surface area contributed by atoms with E-state index in [1.807, 2.05) is 6.92 Å². The highest BCUT2D eigenvalue weighted by Gasteiger charge is 2.59. The number of fused-ring (bicyclic) bond motifs is 3. The molecule has 0 spiro atoms. The highest BCUT2D eigenvalue weighted by atomic mass is 19.1. The Labute approximate surface area is 230 Å². The molecular weight excluding hydrogens is 504 g/mol. The Bertz CT molecular complexity index is 1100. The van der Waals surface area contributed by atoms with E-state index in [9.17, 15) is 24.1 Å². The minimum Gasteiger partial charge on any atom is -0.479 e. The molecule has 0 amide bonds. The van der Waals surface area contributed by atoms with E-state index in [-0.39, 0.29) is 47.4 Å². The van der Waals surface area contributed by atoms with E-state index in [2.05, 4.69) is 20.8 Å². The quantitative estimate of drug-likeness (QED) is 0.335. The maximum Gasteiger partial charge on any atom is 0.494 e. The van der Waals surface area contributed by atoms with E-state index in [1.165, 1.54) is 6.07 Å². The minimum atomic E-state index is -1.37. The molecule has 1 aliphatic heterocycles. The molecule has 2 bridgehead atoms. The van der Waals surface area contributed by atoms with Crippen LogP contribution in [0.15, 0.2) is 12.1 Å². The van der Waals surface area contributed by atoms with Crippen molar-refractivity contribution >= 4 is 24.3 Å². The van der Waals surface area contributed by atoms with Gasteiger partial charge >= 0.3 is 13.1 Å². The zero-order valence-corrected chi connectivity index (χ0v) is 23.8. The Morgan fingerprint density at radius 3 is 2.67 bits per heavy atom. The Kier molecular flexibility index (Phi) is 8.53. The summed E-state index contributed by atoms with van der Waals surface area (Å²) in [5, 5.41) is 21.5. The van der Waals surface area contributed by atoms with Crippen LogP contribution in [0.2, 0.25) is 0 Å². The van der Waals surface area contributed by atoms with Gasteiger partial charge < -0.3 is 34.8 Å². The van der Waals surface area contributed by atoms with Crippen LogP contribution in [0.1, 0.15) is 78.7 Å². The number of rotatable bonds is 8. The molecule has 3 aliphatic rings. The molecule has 2 aliphatic carbocycles. The molecule has 1 aromatic rings. The standard InChI is InChI=1S/C29H43BFNO7/c1-17-8-10-29(11-9-18(2)33)15-28(17,5)22(12-27(4,16-32)26(35)19(29)3)39-23(34)14-37-21-7-6-20-13-38-30(36)24(20)25(21)31/h6-7,17,19,22,26,35-36H,8-16,32H2,1-5H3/t17-,19+,22-,26+,27+,28+,29-/m1/s1. The van der Waals surface area contributed by atoms with Crippen molar-refractivity contribution in [3.63, 3.8) is 0 Å². The molecular formula is C29H43BFNO7. The average molecular weight is 547 g/mol. The summed E-state index contributed by atoms with van der Waals surface area (Å²) in [6, 6.07) is 3.01. The number of aliphatic hydroxyl groups excluding tert-OH is 1. The molecule has 0 saturated heterocycles. The first-order chi connectivity index (χ1) is 18.3. The fraction of sp³-hybridized carbons (Fsp3) is 0.724. The van der Waals surface area contributed by atoms with Crippen LogP contribution in [0.25, 0.3) is 0 Å². The fourth-order valence-electron chi connectivity index (χ4n) is 7.34. The number of carbonyl (C=O) groups is 2. The second-order valence-corrected chi connectivity index (χ2v) is 12.9. The van der Waals surface area contributed by atoms with Crippen LogP contribution in [0.3, 0.4) is 0 Å². The van der Waals surface area contributed by atoms with Crippen LogP contribution in [0.4, 0.5) is 4.39 Å². The molecule has 0 unspecified atom stereocenters. The van der Waals surface area contributed by atoms with Crippen molar-refractivity contribution in [2.24, 2.45) is 33.8 Å². The molecule has 0 aromatic heterocycles. The molecule has 8 nitrogen and oxygen atoms in total. The predicted octanol–water partition coefficient (Wildman–Crippen LogP) is 2.88. The fourth-order valence-corrected chi connectivity index (χ4v) is 7.34. The van der Waals surface area contributed by atoms with E-state index in [1.54, 1.807) is 13.0 Å². The summed E-state index contributed by atoms with van der Waals surface area (Å²) in [7, 11) is -1.37. The van der Waals surface area contributed by atoms with Gasteiger partial charge in [-0.15, -0.1) is 0 Å². The summed E-state index contributed by atoms with van der Waals surface area (Å²) in [5.74, 6) is -1.31. The molecule has 216 valence electrons. The topological polar surface area (TPSA) is 128 Å². The van der Waals surface area contributed by atoms with E-state index in [0.717, 1.165) is 12.8 Å². The Hall–Kier alpha value is -2.01. The number of ketones is 1. The van der Waals surface area contributed by atoms with Crippen LogP contribution >= 0.6 is 0 Å². The van der Waals surface area contributed by atoms with Crippen molar-refractivity contribution in [2.45, 2.75) is 92.0 Å². The van der Waals surface area contributed by atoms with Crippen LogP contribution < -0.4 is 15.9 Å². The number of halogens is 1.